The molecule has 0 bridgehead atoms. The number of amides is 4. The number of hydrogen-bond donors (Lipinski definition) is 4. The highest BCUT2D eigenvalue weighted by Crippen LogP contribution is 1.96. The molecule has 2 saturated heterocycles. The van der Waals surface area contributed by atoms with Crippen molar-refractivity contribution in [2.75, 3.05) is 0 Å². The van der Waals surface area contributed by atoms with Crippen LogP contribution in [0.15, 0.2) is 0 Å². The molecule has 20 heavy (non-hydrogen) atoms. The summed E-state index contributed by atoms with van der Waals surface area (Å²) in [6.45, 7) is 0. The van der Waals surface area contributed by atoms with Crippen molar-refractivity contribution in [1.82, 2.24) is 10.6 Å². The minimum atomic E-state index is -1.82. The topological polar surface area (TPSA) is 167 Å². The second-order valence-corrected chi connectivity index (χ2v) is 3.55. The molecule has 0 aromatic heterocycles. The van der Waals surface area contributed by atoms with Crippen LogP contribution in [0.5, 0.6) is 0 Å². The molecule has 0 radical (unpaired) electrons. The largest absolute Gasteiger partial charge is 0.473 e. The van der Waals surface area contributed by atoms with Gasteiger partial charge in [0, 0.05) is 25.7 Å². The van der Waals surface area contributed by atoms with Crippen molar-refractivity contribution in [3.8, 4) is 0 Å². The molecule has 0 aromatic rings. The first-order valence-electron chi connectivity index (χ1n) is 5.34. The third kappa shape index (κ3) is 8.33. The minimum Gasteiger partial charge on any atom is -0.473 e. The molecule has 0 saturated carbocycles. The minimum absolute atomic E-state index is 0.148. The maximum absolute atomic E-state index is 10.1. The zero-order valence-corrected chi connectivity index (χ0v) is 10.2. The van der Waals surface area contributed by atoms with Gasteiger partial charge in [0.2, 0.25) is 23.6 Å². The van der Waals surface area contributed by atoms with E-state index in [9.17, 15) is 19.2 Å². The van der Waals surface area contributed by atoms with Gasteiger partial charge in [0.25, 0.3) is 0 Å². The van der Waals surface area contributed by atoms with Gasteiger partial charge in [0.05, 0.1) is 0 Å². The lowest BCUT2D eigenvalue weighted by Gasteiger charge is -1.79. The fourth-order valence-corrected chi connectivity index (χ4v) is 1.02. The fraction of sp³-hybridized carbons (Fsp3) is 0.400. The quantitative estimate of drug-likeness (QED) is 0.293. The summed E-state index contributed by atoms with van der Waals surface area (Å²) < 4.78 is 0. The molecule has 0 spiro atoms. The lowest BCUT2D eigenvalue weighted by molar-refractivity contribution is -0.159. The zero-order chi connectivity index (χ0) is 15.7. The summed E-state index contributed by atoms with van der Waals surface area (Å²) in [7, 11) is 0. The van der Waals surface area contributed by atoms with E-state index in [1.54, 1.807) is 0 Å². The zero-order valence-electron chi connectivity index (χ0n) is 10.2. The highest BCUT2D eigenvalue weighted by molar-refractivity contribution is 6.27. The number of carbonyl (C=O) groups excluding carboxylic acids is 4. The molecule has 2 rings (SSSR count). The molecule has 0 aromatic carbocycles. The monoisotopic (exact) mass is 288 g/mol. The van der Waals surface area contributed by atoms with Crippen molar-refractivity contribution in [2.45, 2.75) is 25.7 Å². The Morgan fingerprint density at radius 1 is 0.650 bits per heavy atom. The highest BCUT2D eigenvalue weighted by atomic mass is 16.4. The molecule has 2 fully saturated rings. The van der Waals surface area contributed by atoms with Gasteiger partial charge < -0.3 is 10.2 Å². The Morgan fingerprint density at radius 3 is 0.900 bits per heavy atom. The number of rotatable bonds is 0. The van der Waals surface area contributed by atoms with Gasteiger partial charge in [-0.2, -0.15) is 0 Å². The highest BCUT2D eigenvalue weighted by Gasteiger charge is 2.16. The standard InChI is InChI=1S/2C4H5NO2.C2H2O4/c2*6-3-1-2-4(7)5-3;3-1(4)2(5)6/h2*1-2H2,(H,5,6,7);(H,3,4)(H,5,6). The first kappa shape index (κ1) is 17.2. The Bertz CT molecular complexity index is 386. The van der Waals surface area contributed by atoms with Crippen LogP contribution in [0.25, 0.3) is 0 Å². The van der Waals surface area contributed by atoms with Gasteiger partial charge in [-0.05, 0) is 0 Å². The van der Waals surface area contributed by atoms with Crippen molar-refractivity contribution >= 4 is 35.6 Å². The van der Waals surface area contributed by atoms with Gasteiger partial charge in [0.1, 0.15) is 0 Å². The second kappa shape index (κ2) is 8.34. The Kier molecular flexibility index (Phi) is 7.18. The summed E-state index contributed by atoms with van der Waals surface area (Å²) in [5, 5.41) is 19.1. The van der Waals surface area contributed by atoms with Gasteiger partial charge in [-0.3, -0.25) is 29.8 Å². The van der Waals surface area contributed by atoms with Crippen LogP contribution >= 0.6 is 0 Å². The van der Waals surface area contributed by atoms with Gasteiger partial charge >= 0.3 is 11.9 Å². The second-order valence-electron chi connectivity index (χ2n) is 3.55. The molecule has 110 valence electrons. The van der Waals surface area contributed by atoms with Crippen LogP contribution in [0.3, 0.4) is 0 Å². The first-order valence-corrected chi connectivity index (χ1v) is 5.34. The smallest absolute Gasteiger partial charge is 0.414 e. The van der Waals surface area contributed by atoms with Crippen LogP contribution in [0.2, 0.25) is 0 Å². The molecule has 4 amide bonds. The van der Waals surface area contributed by atoms with E-state index in [0.717, 1.165) is 0 Å². The van der Waals surface area contributed by atoms with Gasteiger partial charge in [-0.15, -0.1) is 0 Å². The Balaban J connectivity index is 0.000000272. The number of nitrogens with one attached hydrogen (secondary N) is 2. The normalized spacial score (nSPS) is 16.2. The third-order valence-corrected chi connectivity index (χ3v) is 1.90. The molecule has 0 aliphatic carbocycles. The number of carboxylic acid groups (broad SMARTS) is 2. The average Bonchev–Trinajstić information content (AvgIpc) is 2.89. The van der Waals surface area contributed by atoms with E-state index in [4.69, 9.17) is 19.8 Å². The van der Waals surface area contributed by atoms with Crippen LogP contribution < -0.4 is 10.6 Å². The molecule has 10 nitrogen and oxygen atoms in total. The number of carboxylic acids is 2. The van der Waals surface area contributed by atoms with Gasteiger partial charge in [0.15, 0.2) is 0 Å². The summed E-state index contributed by atoms with van der Waals surface area (Å²) >= 11 is 0. The van der Waals surface area contributed by atoms with Crippen LogP contribution in [0.1, 0.15) is 25.7 Å². The lowest BCUT2D eigenvalue weighted by atomic mass is 10.4. The molecule has 0 unspecified atom stereocenters. The summed E-state index contributed by atoms with van der Waals surface area (Å²) in [5.74, 6) is -4.24. The predicted molar refractivity (Wildman–Crippen MR) is 60.0 cm³/mol. The van der Waals surface area contributed by atoms with E-state index in [1.165, 1.54) is 0 Å². The van der Waals surface area contributed by atoms with Crippen LogP contribution in [0, 0.1) is 0 Å². The van der Waals surface area contributed by atoms with E-state index >= 15 is 0 Å². The summed E-state index contributed by atoms with van der Waals surface area (Å²) in [6.07, 6.45) is 1.50. The van der Waals surface area contributed by atoms with E-state index in [2.05, 4.69) is 10.6 Å². The lowest BCUT2D eigenvalue weighted by Crippen LogP contribution is -2.18. The van der Waals surface area contributed by atoms with Crippen LogP contribution in [0.4, 0.5) is 0 Å². The van der Waals surface area contributed by atoms with Crippen molar-refractivity contribution in [1.29, 1.82) is 0 Å². The number of carbonyl (C=O) groups is 6. The molecule has 0 atom stereocenters. The molecule has 2 aliphatic rings. The van der Waals surface area contributed by atoms with Crippen molar-refractivity contribution < 1.29 is 39.0 Å². The van der Waals surface area contributed by atoms with Crippen molar-refractivity contribution in [3.63, 3.8) is 0 Å². The van der Waals surface area contributed by atoms with E-state index < -0.39 is 11.9 Å². The predicted octanol–water partition coefficient (Wildman–Crippen LogP) is -2.00. The van der Waals surface area contributed by atoms with E-state index in [-0.39, 0.29) is 23.6 Å². The Morgan fingerprint density at radius 2 is 0.850 bits per heavy atom. The fourth-order valence-electron chi connectivity index (χ4n) is 1.02. The van der Waals surface area contributed by atoms with E-state index in [0.29, 0.717) is 25.7 Å². The molecule has 2 aliphatic heterocycles. The van der Waals surface area contributed by atoms with Gasteiger partial charge in [-0.25, -0.2) is 9.59 Å². The molecule has 2 heterocycles. The van der Waals surface area contributed by atoms with E-state index in [1.807, 2.05) is 0 Å². The molecular weight excluding hydrogens is 276 g/mol. The number of hydrogen-bond acceptors (Lipinski definition) is 6. The maximum atomic E-state index is 10.1. The molecule has 4 N–H and O–H groups in total. The first-order chi connectivity index (χ1) is 9.22. The molecule has 10 heteroatoms. The van der Waals surface area contributed by atoms with Crippen molar-refractivity contribution in [3.05, 3.63) is 0 Å². The van der Waals surface area contributed by atoms with Crippen LogP contribution in [-0.2, 0) is 28.8 Å². The van der Waals surface area contributed by atoms with Gasteiger partial charge in [-0.1, -0.05) is 0 Å². The summed E-state index contributed by atoms with van der Waals surface area (Å²) in [4.78, 5) is 58.7. The summed E-state index contributed by atoms with van der Waals surface area (Å²) in [6, 6.07) is 0. The average molecular weight is 288 g/mol. The van der Waals surface area contributed by atoms with Crippen molar-refractivity contribution in [2.24, 2.45) is 0 Å². The maximum Gasteiger partial charge on any atom is 0.414 e. The number of imide groups is 2. The number of aliphatic carboxylic acids is 2. The van der Waals surface area contributed by atoms with Crippen LogP contribution in [-0.4, -0.2) is 45.8 Å². The Labute approximate surface area is 112 Å². The Hall–Kier alpha value is -2.78. The third-order valence-electron chi connectivity index (χ3n) is 1.90. The summed E-state index contributed by atoms with van der Waals surface area (Å²) in [5.41, 5.74) is 0. The SMILES string of the molecule is O=C(O)C(=O)O.O=C1CCC(=O)N1.O=C1CCC(=O)N1. The molecular formula is C10H12N2O8.